The van der Waals surface area contributed by atoms with Crippen LogP contribution in [0.15, 0.2) is 24.3 Å². The topological polar surface area (TPSA) is 35.2 Å². The van der Waals surface area contributed by atoms with Crippen LogP contribution in [0, 0.1) is 0 Å². The van der Waals surface area contributed by atoms with Crippen LogP contribution in [0.3, 0.4) is 0 Å². The van der Waals surface area contributed by atoms with Gasteiger partial charge in [-0.1, -0.05) is 18.2 Å². The first-order valence-electron chi connectivity index (χ1n) is 4.79. The van der Waals surface area contributed by atoms with E-state index < -0.39 is 11.3 Å². The molecule has 0 amide bonds. The minimum atomic E-state index is -2.70. The number of para-hydroxylation sites is 1. The number of methoxy groups -OCH3 is 1. The molecular weight excluding hydrogens is 200 g/mol. The van der Waals surface area contributed by atoms with Crippen molar-refractivity contribution in [3.8, 4) is 5.75 Å². The van der Waals surface area contributed by atoms with E-state index in [9.17, 15) is 8.78 Å². The lowest BCUT2D eigenvalue weighted by Gasteiger charge is -2.17. The molecule has 82 valence electrons. The predicted octanol–water partition coefficient (Wildman–Crippen LogP) is 1.93. The largest absolute Gasteiger partial charge is 0.496 e. The van der Waals surface area contributed by atoms with Gasteiger partial charge < -0.3 is 10.5 Å². The highest BCUT2D eigenvalue weighted by molar-refractivity contribution is 5.47. The molecule has 1 aromatic rings. The van der Waals surface area contributed by atoms with Crippen molar-refractivity contribution in [2.45, 2.75) is 17.8 Å². The van der Waals surface area contributed by atoms with Gasteiger partial charge in [-0.2, -0.15) is 0 Å². The Bertz CT molecular complexity index is 381. The summed E-state index contributed by atoms with van der Waals surface area (Å²) in [6.45, 7) is -0.0552. The molecule has 2 N–H and O–H groups in total. The second-order valence-electron chi connectivity index (χ2n) is 3.87. The highest BCUT2D eigenvalue weighted by atomic mass is 19.3. The van der Waals surface area contributed by atoms with Crippen molar-refractivity contribution in [1.29, 1.82) is 0 Å². The van der Waals surface area contributed by atoms with E-state index in [0.29, 0.717) is 11.3 Å². The minimum absolute atomic E-state index is 0.0552. The van der Waals surface area contributed by atoms with Gasteiger partial charge in [0.05, 0.1) is 12.5 Å². The molecule has 0 saturated heterocycles. The number of benzene rings is 1. The predicted molar refractivity (Wildman–Crippen MR) is 53.3 cm³/mol. The Morgan fingerprint density at radius 3 is 2.47 bits per heavy atom. The van der Waals surface area contributed by atoms with Crippen LogP contribution in [0.2, 0.25) is 0 Å². The first-order chi connectivity index (χ1) is 7.07. The molecule has 1 aromatic carbocycles. The second kappa shape index (κ2) is 3.17. The monoisotopic (exact) mass is 213 g/mol. The van der Waals surface area contributed by atoms with Crippen LogP contribution in [-0.2, 0) is 5.41 Å². The van der Waals surface area contributed by atoms with Crippen LogP contribution in [0.5, 0.6) is 5.75 Å². The number of hydrogen-bond acceptors (Lipinski definition) is 2. The summed E-state index contributed by atoms with van der Waals surface area (Å²) in [4.78, 5) is 0. The van der Waals surface area contributed by atoms with Crippen LogP contribution in [0.25, 0.3) is 0 Å². The van der Waals surface area contributed by atoms with E-state index in [-0.39, 0.29) is 13.0 Å². The van der Waals surface area contributed by atoms with Gasteiger partial charge in [0.1, 0.15) is 5.75 Å². The Kier molecular flexibility index (Phi) is 2.19. The molecule has 0 heterocycles. The van der Waals surface area contributed by atoms with Gasteiger partial charge in [-0.25, -0.2) is 8.78 Å². The molecule has 1 fully saturated rings. The number of hydrogen-bond donors (Lipinski definition) is 1. The fourth-order valence-electron chi connectivity index (χ4n) is 2.00. The highest BCUT2D eigenvalue weighted by Crippen LogP contribution is 2.62. The third kappa shape index (κ3) is 1.32. The zero-order chi connectivity index (χ0) is 11.1. The van der Waals surface area contributed by atoms with Crippen molar-refractivity contribution in [2.24, 2.45) is 5.73 Å². The summed E-state index contributed by atoms with van der Waals surface area (Å²) in [6, 6.07) is 6.82. The van der Waals surface area contributed by atoms with Gasteiger partial charge in [-0.15, -0.1) is 0 Å². The number of ether oxygens (including phenoxy) is 1. The van der Waals surface area contributed by atoms with E-state index in [1.807, 2.05) is 0 Å². The first-order valence-corrected chi connectivity index (χ1v) is 4.79. The fraction of sp³-hybridized carbons (Fsp3) is 0.455. The molecule has 0 spiro atoms. The van der Waals surface area contributed by atoms with E-state index in [2.05, 4.69) is 0 Å². The molecule has 1 saturated carbocycles. The molecule has 2 rings (SSSR count). The minimum Gasteiger partial charge on any atom is -0.496 e. The summed E-state index contributed by atoms with van der Waals surface area (Å²) >= 11 is 0. The normalized spacial score (nSPS) is 27.5. The van der Waals surface area contributed by atoms with Gasteiger partial charge >= 0.3 is 0 Å². The summed E-state index contributed by atoms with van der Waals surface area (Å²) in [7, 11) is 1.48. The van der Waals surface area contributed by atoms with Gasteiger partial charge in [-0.3, -0.25) is 0 Å². The summed E-state index contributed by atoms with van der Waals surface area (Å²) < 4.78 is 31.7. The van der Waals surface area contributed by atoms with Gasteiger partial charge in [0.2, 0.25) is 0 Å². The second-order valence-corrected chi connectivity index (χ2v) is 3.87. The SMILES string of the molecule is COc1ccccc1C1(CN)CC1(F)F. The maximum absolute atomic E-state index is 13.3. The van der Waals surface area contributed by atoms with Gasteiger partial charge in [0.15, 0.2) is 0 Å². The molecule has 1 aliphatic rings. The van der Waals surface area contributed by atoms with Crippen LogP contribution in [-0.4, -0.2) is 19.6 Å². The van der Waals surface area contributed by atoms with Gasteiger partial charge in [0.25, 0.3) is 5.92 Å². The lowest BCUT2D eigenvalue weighted by Crippen LogP contribution is -2.27. The maximum atomic E-state index is 13.3. The zero-order valence-electron chi connectivity index (χ0n) is 8.47. The van der Waals surface area contributed by atoms with Crippen molar-refractivity contribution in [3.63, 3.8) is 0 Å². The Hall–Kier alpha value is -1.16. The number of nitrogens with two attached hydrogens (primary N) is 1. The summed E-state index contributed by atoms with van der Waals surface area (Å²) in [5.74, 6) is -2.21. The Labute approximate surface area is 87.0 Å². The average Bonchev–Trinajstić information content (AvgIpc) is 2.82. The van der Waals surface area contributed by atoms with Crippen molar-refractivity contribution in [3.05, 3.63) is 29.8 Å². The van der Waals surface area contributed by atoms with E-state index in [0.717, 1.165) is 0 Å². The lowest BCUT2D eigenvalue weighted by molar-refractivity contribution is 0.0889. The molecule has 1 aliphatic carbocycles. The smallest absolute Gasteiger partial charge is 0.260 e. The van der Waals surface area contributed by atoms with Crippen molar-refractivity contribution >= 4 is 0 Å². The van der Waals surface area contributed by atoms with Gasteiger partial charge in [-0.05, 0) is 6.07 Å². The summed E-state index contributed by atoms with van der Waals surface area (Å²) in [5, 5.41) is 0. The lowest BCUT2D eigenvalue weighted by atomic mass is 9.94. The Morgan fingerprint density at radius 1 is 1.40 bits per heavy atom. The summed E-state index contributed by atoms with van der Waals surface area (Å²) in [5.41, 5.74) is 4.77. The third-order valence-corrected chi connectivity index (χ3v) is 3.07. The van der Waals surface area contributed by atoms with E-state index in [1.165, 1.54) is 7.11 Å². The van der Waals surface area contributed by atoms with Crippen molar-refractivity contribution in [1.82, 2.24) is 0 Å². The molecule has 15 heavy (non-hydrogen) atoms. The first kappa shape index (κ1) is 10.4. The maximum Gasteiger partial charge on any atom is 0.260 e. The Morgan fingerprint density at radius 2 is 2.00 bits per heavy atom. The quantitative estimate of drug-likeness (QED) is 0.832. The van der Waals surface area contributed by atoms with E-state index in [4.69, 9.17) is 10.5 Å². The van der Waals surface area contributed by atoms with Crippen molar-refractivity contribution < 1.29 is 13.5 Å². The molecule has 4 heteroatoms. The number of rotatable bonds is 3. The average molecular weight is 213 g/mol. The van der Waals surface area contributed by atoms with E-state index >= 15 is 0 Å². The molecule has 0 aliphatic heterocycles. The summed E-state index contributed by atoms with van der Waals surface area (Å²) in [6.07, 6.45) is -0.184. The molecule has 0 radical (unpaired) electrons. The Balaban J connectivity index is 2.46. The molecule has 0 bridgehead atoms. The van der Waals surface area contributed by atoms with Crippen LogP contribution >= 0.6 is 0 Å². The van der Waals surface area contributed by atoms with Gasteiger partial charge in [0, 0.05) is 18.5 Å². The van der Waals surface area contributed by atoms with Crippen LogP contribution in [0.1, 0.15) is 12.0 Å². The van der Waals surface area contributed by atoms with E-state index in [1.54, 1.807) is 24.3 Å². The van der Waals surface area contributed by atoms with Crippen molar-refractivity contribution in [2.75, 3.05) is 13.7 Å². The zero-order valence-corrected chi connectivity index (χ0v) is 8.47. The highest BCUT2D eigenvalue weighted by Gasteiger charge is 2.71. The fourth-order valence-corrected chi connectivity index (χ4v) is 2.00. The molecule has 2 nitrogen and oxygen atoms in total. The molecule has 0 aromatic heterocycles. The standard InChI is InChI=1S/C11H13F2NO/c1-15-9-5-3-2-4-8(9)10(7-14)6-11(10,12)13/h2-5H,6-7,14H2,1H3. The van der Waals surface area contributed by atoms with Crippen LogP contribution in [0.4, 0.5) is 8.78 Å². The molecule has 1 atom stereocenters. The molecular formula is C11H13F2NO. The third-order valence-electron chi connectivity index (χ3n) is 3.07. The van der Waals surface area contributed by atoms with Crippen LogP contribution < -0.4 is 10.5 Å². The number of halogens is 2. The molecule has 1 unspecified atom stereocenters. The number of alkyl halides is 2.